The minimum atomic E-state index is -0.862. The highest BCUT2D eigenvalue weighted by Gasteiger charge is 2.51. The molecule has 4 heteroatoms. The monoisotopic (exact) mass is 214 g/mol. The van der Waals surface area contributed by atoms with E-state index in [9.17, 15) is 4.79 Å². The quantitative estimate of drug-likeness (QED) is 0.538. The van der Waals surface area contributed by atoms with Crippen LogP contribution >= 0.6 is 0 Å². The molecule has 2 aliphatic rings. The van der Waals surface area contributed by atoms with Gasteiger partial charge in [0.15, 0.2) is 5.60 Å². The minimum absolute atomic E-state index is 0.367. The van der Waals surface area contributed by atoms with Crippen LogP contribution in [0.5, 0.6) is 0 Å². The lowest BCUT2D eigenvalue weighted by molar-refractivity contribution is -0.143. The van der Waals surface area contributed by atoms with E-state index < -0.39 is 11.6 Å². The number of carboxylic acid groups (broad SMARTS) is 1. The standard InChI is InChI=1S/C11H18O4/c12-10(13)11(8-15-11)6-3-7-14-9-4-1-2-5-9/h9H,1-8H2,(H,12,13). The predicted molar refractivity (Wildman–Crippen MR) is 53.8 cm³/mol. The van der Waals surface area contributed by atoms with Crippen LogP contribution in [0.1, 0.15) is 38.5 Å². The molecule has 1 N–H and O–H groups in total. The Hall–Kier alpha value is -0.610. The van der Waals surface area contributed by atoms with Gasteiger partial charge in [-0.3, -0.25) is 0 Å². The van der Waals surface area contributed by atoms with Crippen LogP contribution < -0.4 is 0 Å². The van der Waals surface area contributed by atoms with Crippen LogP contribution in [0.2, 0.25) is 0 Å². The van der Waals surface area contributed by atoms with E-state index in [1.807, 2.05) is 0 Å². The Morgan fingerprint density at radius 1 is 1.47 bits per heavy atom. The lowest BCUT2D eigenvalue weighted by Gasteiger charge is -2.11. The van der Waals surface area contributed by atoms with E-state index >= 15 is 0 Å². The number of carbonyl (C=O) groups is 1. The number of aliphatic carboxylic acids is 1. The van der Waals surface area contributed by atoms with Gasteiger partial charge in [0.1, 0.15) is 0 Å². The summed E-state index contributed by atoms with van der Waals surface area (Å²) < 4.78 is 10.6. The summed E-state index contributed by atoms with van der Waals surface area (Å²) in [5.74, 6) is -0.830. The van der Waals surface area contributed by atoms with Crippen molar-refractivity contribution < 1.29 is 19.4 Å². The molecule has 1 aliphatic heterocycles. The Kier molecular flexibility index (Phi) is 3.26. The number of hydrogen-bond donors (Lipinski definition) is 1. The summed E-state index contributed by atoms with van der Waals surface area (Å²) in [5, 5.41) is 8.85. The van der Waals surface area contributed by atoms with Crippen molar-refractivity contribution in [3.8, 4) is 0 Å². The van der Waals surface area contributed by atoms with E-state index in [0.717, 1.165) is 6.42 Å². The predicted octanol–water partition coefficient (Wildman–Crippen LogP) is 1.58. The van der Waals surface area contributed by atoms with E-state index in [0.29, 0.717) is 25.7 Å². The maximum absolute atomic E-state index is 10.8. The molecule has 1 heterocycles. The summed E-state index contributed by atoms with van der Waals surface area (Å²) in [6.45, 7) is 1.04. The number of rotatable bonds is 6. The summed E-state index contributed by atoms with van der Waals surface area (Å²) in [6.07, 6.45) is 6.66. The second kappa shape index (κ2) is 4.49. The van der Waals surface area contributed by atoms with Gasteiger partial charge in [0.25, 0.3) is 0 Å². The first-order valence-corrected chi connectivity index (χ1v) is 5.72. The molecule has 86 valence electrons. The normalized spacial score (nSPS) is 30.7. The molecule has 1 unspecified atom stereocenters. The van der Waals surface area contributed by atoms with Crippen molar-refractivity contribution in [1.82, 2.24) is 0 Å². The Balaban J connectivity index is 1.57. The van der Waals surface area contributed by atoms with Gasteiger partial charge in [-0.05, 0) is 25.7 Å². The van der Waals surface area contributed by atoms with E-state index in [-0.39, 0.29) is 0 Å². The highest BCUT2D eigenvalue weighted by molar-refractivity contribution is 5.80. The van der Waals surface area contributed by atoms with Crippen LogP contribution in [0.4, 0.5) is 0 Å². The highest BCUT2D eigenvalue weighted by atomic mass is 16.6. The molecule has 1 saturated carbocycles. The fourth-order valence-electron chi connectivity index (χ4n) is 2.12. The second-order valence-corrected chi connectivity index (χ2v) is 4.47. The summed E-state index contributed by atoms with van der Waals surface area (Å²) >= 11 is 0. The molecule has 2 rings (SSSR count). The van der Waals surface area contributed by atoms with Gasteiger partial charge < -0.3 is 14.6 Å². The van der Waals surface area contributed by atoms with Crippen molar-refractivity contribution in [3.63, 3.8) is 0 Å². The van der Waals surface area contributed by atoms with Crippen molar-refractivity contribution in [2.24, 2.45) is 0 Å². The van der Waals surface area contributed by atoms with Crippen molar-refractivity contribution >= 4 is 5.97 Å². The average Bonchev–Trinajstić information content (AvgIpc) is 2.83. The van der Waals surface area contributed by atoms with Gasteiger partial charge >= 0.3 is 5.97 Å². The fraction of sp³-hybridized carbons (Fsp3) is 0.909. The zero-order valence-corrected chi connectivity index (χ0v) is 8.91. The Morgan fingerprint density at radius 3 is 2.67 bits per heavy atom. The second-order valence-electron chi connectivity index (χ2n) is 4.47. The van der Waals surface area contributed by atoms with Gasteiger partial charge in [0.2, 0.25) is 0 Å². The molecule has 0 aromatic heterocycles. The first-order valence-electron chi connectivity index (χ1n) is 5.72. The Bertz CT molecular complexity index is 229. The van der Waals surface area contributed by atoms with Gasteiger partial charge in [-0.2, -0.15) is 0 Å². The smallest absolute Gasteiger partial charge is 0.338 e. The SMILES string of the molecule is O=C(O)C1(CCCOC2CCCC2)CO1. The van der Waals surface area contributed by atoms with Gasteiger partial charge in [-0.25, -0.2) is 4.79 Å². The lowest BCUT2D eigenvalue weighted by Crippen LogP contribution is -2.24. The number of epoxide rings is 1. The first-order chi connectivity index (χ1) is 7.23. The van der Waals surface area contributed by atoms with Crippen LogP contribution in [-0.4, -0.2) is 36.0 Å². The van der Waals surface area contributed by atoms with Gasteiger partial charge in [0, 0.05) is 6.61 Å². The summed E-state index contributed by atoms with van der Waals surface area (Å²) in [5.41, 5.74) is -0.862. The van der Waals surface area contributed by atoms with E-state index in [1.165, 1.54) is 25.7 Å². The molecule has 0 spiro atoms. The molecule has 1 saturated heterocycles. The van der Waals surface area contributed by atoms with Crippen molar-refractivity contribution in [2.75, 3.05) is 13.2 Å². The number of carboxylic acids is 1. The van der Waals surface area contributed by atoms with Crippen LogP contribution in [0.25, 0.3) is 0 Å². The Morgan fingerprint density at radius 2 is 2.13 bits per heavy atom. The molecule has 15 heavy (non-hydrogen) atoms. The van der Waals surface area contributed by atoms with Crippen molar-refractivity contribution in [3.05, 3.63) is 0 Å². The summed E-state index contributed by atoms with van der Waals surface area (Å²) in [7, 11) is 0. The van der Waals surface area contributed by atoms with Crippen LogP contribution in [0.15, 0.2) is 0 Å². The molecule has 0 aromatic rings. The van der Waals surface area contributed by atoms with Crippen LogP contribution in [0.3, 0.4) is 0 Å². The van der Waals surface area contributed by atoms with E-state index in [4.69, 9.17) is 14.6 Å². The molecule has 0 aromatic carbocycles. The summed E-state index contributed by atoms with van der Waals surface area (Å²) in [4.78, 5) is 10.8. The molecule has 4 nitrogen and oxygen atoms in total. The van der Waals surface area contributed by atoms with E-state index in [2.05, 4.69) is 0 Å². The molecular formula is C11H18O4. The third kappa shape index (κ3) is 2.69. The van der Waals surface area contributed by atoms with Crippen molar-refractivity contribution in [1.29, 1.82) is 0 Å². The highest BCUT2D eigenvalue weighted by Crippen LogP contribution is 2.32. The zero-order chi connectivity index (χ0) is 10.7. The first kappa shape index (κ1) is 10.9. The third-order valence-electron chi connectivity index (χ3n) is 3.26. The third-order valence-corrected chi connectivity index (χ3v) is 3.26. The lowest BCUT2D eigenvalue weighted by atomic mass is 10.1. The molecular weight excluding hydrogens is 196 g/mol. The molecule has 0 bridgehead atoms. The molecule has 1 aliphatic carbocycles. The summed E-state index contributed by atoms with van der Waals surface area (Å²) in [6, 6.07) is 0. The van der Waals surface area contributed by atoms with E-state index in [1.54, 1.807) is 0 Å². The minimum Gasteiger partial charge on any atom is -0.479 e. The maximum atomic E-state index is 10.8. The number of hydrogen-bond acceptors (Lipinski definition) is 3. The molecule has 0 amide bonds. The average molecular weight is 214 g/mol. The van der Waals surface area contributed by atoms with Crippen LogP contribution in [0, 0.1) is 0 Å². The number of ether oxygens (including phenoxy) is 2. The van der Waals surface area contributed by atoms with Gasteiger partial charge in [-0.1, -0.05) is 12.8 Å². The molecule has 0 radical (unpaired) electrons. The van der Waals surface area contributed by atoms with Crippen molar-refractivity contribution in [2.45, 2.75) is 50.2 Å². The van der Waals surface area contributed by atoms with Gasteiger partial charge in [0.05, 0.1) is 12.7 Å². The van der Waals surface area contributed by atoms with Gasteiger partial charge in [-0.15, -0.1) is 0 Å². The Labute approximate surface area is 89.6 Å². The van der Waals surface area contributed by atoms with Crippen LogP contribution in [-0.2, 0) is 14.3 Å². The zero-order valence-electron chi connectivity index (χ0n) is 8.91. The fourth-order valence-corrected chi connectivity index (χ4v) is 2.12. The molecule has 2 fully saturated rings. The maximum Gasteiger partial charge on any atom is 0.338 e. The topological polar surface area (TPSA) is 59.1 Å². The molecule has 1 atom stereocenters. The largest absolute Gasteiger partial charge is 0.479 e.